The van der Waals surface area contributed by atoms with Gasteiger partial charge in [-0.3, -0.25) is 9.36 Å². The number of aryl methyl sites for hydroxylation is 1. The molecule has 1 N–H and O–H groups in total. The fourth-order valence-electron chi connectivity index (χ4n) is 3.67. The number of benzene rings is 3. The largest absolute Gasteiger partial charge is 0.492 e. The van der Waals surface area contributed by atoms with Crippen molar-refractivity contribution in [2.24, 2.45) is 7.05 Å². The summed E-state index contributed by atoms with van der Waals surface area (Å²) in [5.41, 5.74) is -0.805. The summed E-state index contributed by atoms with van der Waals surface area (Å²) in [7, 11) is 1.52. The lowest BCUT2D eigenvalue weighted by Gasteiger charge is -2.15. The van der Waals surface area contributed by atoms with Gasteiger partial charge in [0.05, 0.1) is 12.2 Å². The molecule has 0 radical (unpaired) electrons. The summed E-state index contributed by atoms with van der Waals surface area (Å²) in [6, 6.07) is 14.6. The first-order valence-electron chi connectivity index (χ1n) is 11.2. The number of aromatic nitrogens is 3. The van der Waals surface area contributed by atoms with Crippen LogP contribution in [0.4, 0.5) is 18.9 Å². The Labute approximate surface area is 204 Å². The maximum atomic E-state index is 15.2. The van der Waals surface area contributed by atoms with E-state index >= 15 is 4.39 Å². The number of hydrogen-bond acceptors (Lipinski definition) is 4. The molecule has 3 aromatic carbocycles. The summed E-state index contributed by atoms with van der Waals surface area (Å²) in [6.45, 7) is 1.91. The van der Waals surface area contributed by atoms with Gasteiger partial charge in [0.15, 0.2) is 0 Å². The number of carbonyl (C=O) groups excluding carboxylic acids is 1. The zero-order chi connectivity index (χ0) is 25.8. The molecule has 7 nitrogen and oxygen atoms in total. The molecule has 0 unspecified atom stereocenters. The van der Waals surface area contributed by atoms with E-state index in [1.54, 1.807) is 6.92 Å². The maximum absolute atomic E-state index is 15.2. The second-order valence-electron chi connectivity index (χ2n) is 7.96. The van der Waals surface area contributed by atoms with Crippen LogP contribution in [0.5, 0.6) is 5.75 Å². The van der Waals surface area contributed by atoms with Crippen LogP contribution in [-0.2, 0) is 19.9 Å². The van der Waals surface area contributed by atoms with E-state index in [2.05, 4.69) is 10.4 Å². The number of ether oxygens (including phenoxy) is 1. The topological polar surface area (TPSA) is 78.2 Å². The molecule has 4 aromatic rings. The normalized spacial score (nSPS) is 10.9. The molecule has 1 amide bonds. The first kappa shape index (κ1) is 24.8. The molecule has 0 saturated heterocycles. The van der Waals surface area contributed by atoms with Gasteiger partial charge >= 0.3 is 5.69 Å². The summed E-state index contributed by atoms with van der Waals surface area (Å²) in [6.07, 6.45) is 0.912. The molecular weight excluding hydrogens is 473 g/mol. The van der Waals surface area contributed by atoms with Crippen LogP contribution in [-0.4, -0.2) is 26.9 Å². The van der Waals surface area contributed by atoms with Gasteiger partial charge in [-0.2, -0.15) is 4.68 Å². The Kier molecular flexibility index (Phi) is 7.23. The van der Waals surface area contributed by atoms with Crippen molar-refractivity contribution in [3.63, 3.8) is 0 Å². The maximum Gasteiger partial charge on any atom is 0.350 e. The highest BCUT2D eigenvalue weighted by atomic mass is 19.1. The first-order valence-corrected chi connectivity index (χ1v) is 11.2. The van der Waals surface area contributed by atoms with Crippen molar-refractivity contribution in [3.05, 3.63) is 106 Å². The molecule has 0 bridgehead atoms. The molecular formula is C26H23F3N4O3. The number of nitrogens with zero attached hydrogens (tertiary/aromatic N) is 3. The van der Waals surface area contributed by atoms with Crippen molar-refractivity contribution in [1.29, 1.82) is 0 Å². The highest BCUT2D eigenvalue weighted by Gasteiger charge is 2.23. The van der Waals surface area contributed by atoms with Crippen LogP contribution in [0, 0.1) is 17.5 Å². The minimum Gasteiger partial charge on any atom is -0.492 e. The molecule has 1 aromatic heterocycles. The van der Waals surface area contributed by atoms with Gasteiger partial charge in [0.1, 0.15) is 40.4 Å². The number of hydrogen-bond donors (Lipinski definition) is 1. The van der Waals surface area contributed by atoms with Crippen molar-refractivity contribution in [2.45, 2.75) is 19.8 Å². The van der Waals surface area contributed by atoms with Crippen LogP contribution < -0.4 is 15.7 Å². The van der Waals surface area contributed by atoms with Crippen LogP contribution in [0.15, 0.2) is 65.5 Å². The summed E-state index contributed by atoms with van der Waals surface area (Å²) in [5.74, 6) is -3.54. The Balaban J connectivity index is 1.73. The average Bonchev–Trinajstić information content (AvgIpc) is 3.16. The highest BCUT2D eigenvalue weighted by molar-refractivity contribution is 6.06. The lowest BCUT2D eigenvalue weighted by atomic mass is 10.1. The number of nitrogens with one attached hydrogen (secondary N) is 1. The van der Waals surface area contributed by atoms with Crippen LogP contribution in [0.1, 0.15) is 28.7 Å². The number of rotatable bonds is 8. The molecule has 0 saturated carbocycles. The standard InChI is InChI=1S/C26H23F3N4O3/c1-3-23-31-33(26(35)32(23)2)21-15-22(36-13-12-16-8-5-4-6-9-16)17(14-20(21)29)25(34)30-24-18(27)10-7-11-19(24)28/h4-11,14-15H,3,12-13H2,1-2H3,(H,30,34). The molecule has 36 heavy (non-hydrogen) atoms. The van der Waals surface area contributed by atoms with E-state index < -0.39 is 34.7 Å². The van der Waals surface area contributed by atoms with Gasteiger partial charge in [-0.05, 0) is 23.8 Å². The summed E-state index contributed by atoms with van der Waals surface area (Å²) in [4.78, 5) is 25.6. The monoisotopic (exact) mass is 496 g/mol. The van der Waals surface area contributed by atoms with Crippen molar-refractivity contribution in [2.75, 3.05) is 11.9 Å². The van der Waals surface area contributed by atoms with Gasteiger partial charge in [-0.25, -0.2) is 18.0 Å². The van der Waals surface area contributed by atoms with Crippen molar-refractivity contribution >= 4 is 11.6 Å². The second kappa shape index (κ2) is 10.5. The van der Waals surface area contributed by atoms with Gasteiger partial charge < -0.3 is 10.1 Å². The minimum atomic E-state index is -0.987. The van der Waals surface area contributed by atoms with Gasteiger partial charge in [-0.15, -0.1) is 5.10 Å². The molecule has 0 aliphatic carbocycles. The van der Waals surface area contributed by atoms with Crippen LogP contribution in [0.3, 0.4) is 0 Å². The predicted molar refractivity (Wildman–Crippen MR) is 128 cm³/mol. The van der Waals surface area contributed by atoms with Crippen LogP contribution in [0.25, 0.3) is 5.69 Å². The SMILES string of the molecule is CCc1nn(-c2cc(OCCc3ccccc3)c(C(=O)Nc3c(F)cccc3F)cc2F)c(=O)n1C. The summed E-state index contributed by atoms with van der Waals surface area (Å²) in [5, 5.41) is 6.30. The lowest BCUT2D eigenvalue weighted by molar-refractivity contribution is 0.102. The highest BCUT2D eigenvalue weighted by Crippen LogP contribution is 2.28. The van der Waals surface area contributed by atoms with E-state index in [4.69, 9.17) is 4.74 Å². The Morgan fingerprint density at radius 3 is 2.33 bits per heavy atom. The van der Waals surface area contributed by atoms with Crippen LogP contribution >= 0.6 is 0 Å². The lowest BCUT2D eigenvalue weighted by Crippen LogP contribution is -2.23. The Hall–Kier alpha value is -4.34. The zero-order valence-electron chi connectivity index (χ0n) is 19.6. The molecule has 4 rings (SSSR count). The predicted octanol–water partition coefficient (Wildman–Crippen LogP) is 4.42. The Morgan fingerprint density at radius 2 is 1.69 bits per heavy atom. The van der Waals surface area contributed by atoms with Crippen LogP contribution in [0.2, 0.25) is 0 Å². The molecule has 0 fully saturated rings. The molecule has 0 atom stereocenters. The Bertz CT molecular complexity index is 1450. The van der Waals surface area contributed by atoms with Crippen molar-refractivity contribution in [3.8, 4) is 11.4 Å². The van der Waals surface area contributed by atoms with E-state index in [-0.39, 0.29) is 23.6 Å². The number of para-hydroxylation sites is 1. The quantitative estimate of drug-likeness (QED) is 0.392. The summed E-state index contributed by atoms with van der Waals surface area (Å²) < 4.78 is 51.4. The van der Waals surface area contributed by atoms with E-state index in [1.165, 1.54) is 17.7 Å². The molecule has 0 spiro atoms. The fraction of sp³-hybridized carbons (Fsp3) is 0.192. The van der Waals surface area contributed by atoms with Gasteiger partial charge in [0.2, 0.25) is 0 Å². The summed E-state index contributed by atoms with van der Waals surface area (Å²) >= 11 is 0. The number of carbonyl (C=O) groups is 1. The molecule has 186 valence electrons. The first-order chi connectivity index (χ1) is 17.3. The smallest absolute Gasteiger partial charge is 0.350 e. The third-order valence-corrected chi connectivity index (χ3v) is 5.60. The fourth-order valence-corrected chi connectivity index (χ4v) is 3.67. The minimum absolute atomic E-state index is 0.0767. The van der Waals surface area contributed by atoms with Crippen molar-refractivity contribution in [1.82, 2.24) is 14.3 Å². The number of amides is 1. The Morgan fingerprint density at radius 1 is 1.00 bits per heavy atom. The van der Waals surface area contributed by atoms with E-state index in [0.29, 0.717) is 18.7 Å². The molecule has 0 aliphatic heterocycles. The molecule has 0 aliphatic rings. The van der Waals surface area contributed by atoms with Gasteiger partial charge in [0, 0.05) is 26.0 Å². The molecule has 10 heteroatoms. The molecule has 1 heterocycles. The average molecular weight is 496 g/mol. The zero-order valence-corrected chi connectivity index (χ0v) is 19.6. The van der Waals surface area contributed by atoms with E-state index in [0.717, 1.165) is 34.5 Å². The number of anilines is 1. The van der Waals surface area contributed by atoms with E-state index in [9.17, 15) is 18.4 Å². The van der Waals surface area contributed by atoms with Crippen molar-refractivity contribution < 1.29 is 22.7 Å². The van der Waals surface area contributed by atoms with E-state index in [1.807, 2.05) is 30.3 Å². The number of halogens is 3. The van der Waals surface area contributed by atoms with Gasteiger partial charge in [-0.1, -0.05) is 43.3 Å². The third-order valence-electron chi connectivity index (χ3n) is 5.60. The van der Waals surface area contributed by atoms with Gasteiger partial charge in [0.25, 0.3) is 5.91 Å². The second-order valence-corrected chi connectivity index (χ2v) is 7.96. The third kappa shape index (κ3) is 5.02.